The molecule has 0 spiro atoms. The van der Waals surface area contributed by atoms with Gasteiger partial charge in [0.15, 0.2) is 0 Å². The zero-order valence-electron chi connectivity index (χ0n) is 12.1. The minimum atomic E-state index is 0.552. The maximum absolute atomic E-state index is 2.70. The molecular weight excluding hydrogens is 194 g/mol. The van der Waals surface area contributed by atoms with E-state index in [9.17, 15) is 0 Å². The summed E-state index contributed by atoms with van der Waals surface area (Å²) >= 11 is 0. The third kappa shape index (κ3) is 4.08. The molecule has 1 saturated heterocycles. The quantitative estimate of drug-likeness (QED) is 0.673. The van der Waals surface area contributed by atoms with Crippen molar-refractivity contribution >= 4 is 0 Å². The number of hydrogen-bond donors (Lipinski definition) is 0. The summed E-state index contributed by atoms with van der Waals surface area (Å²) in [6, 6.07) is 0. The molecule has 1 aliphatic heterocycles. The minimum absolute atomic E-state index is 0.552. The first-order valence-corrected chi connectivity index (χ1v) is 7.13. The number of piperidine rings is 1. The second kappa shape index (κ2) is 5.53. The Morgan fingerprint density at radius 1 is 1.12 bits per heavy atom. The molecule has 96 valence electrons. The summed E-state index contributed by atoms with van der Waals surface area (Å²) in [5, 5.41) is 0. The molecule has 16 heavy (non-hydrogen) atoms. The fraction of sp³-hybridized carbons (Fsp3) is 1.00. The molecule has 1 rings (SSSR count). The number of likely N-dealkylation sites (tertiary alicyclic amines) is 1. The highest BCUT2D eigenvalue weighted by molar-refractivity contribution is 4.83. The van der Waals surface area contributed by atoms with Crippen LogP contribution in [0.3, 0.4) is 0 Å². The summed E-state index contributed by atoms with van der Waals surface area (Å²) in [6.45, 7) is 15.9. The van der Waals surface area contributed by atoms with Crippen molar-refractivity contribution in [2.45, 2.75) is 66.7 Å². The van der Waals surface area contributed by atoms with E-state index in [1.54, 1.807) is 0 Å². The first kappa shape index (κ1) is 14.0. The maximum atomic E-state index is 2.70. The van der Waals surface area contributed by atoms with E-state index >= 15 is 0 Å². The summed E-state index contributed by atoms with van der Waals surface area (Å²) in [5.74, 6) is 0. The Hall–Kier alpha value is -0.0400. The lowest BCUT2D eigenvalue weighted by Gasteiger charge is -2.41. The van der Waals surface area contributed by atoms with Gasteiger partial charge >= 0.3 is 0 Å². The van der Waals surface area contributed by atoms with Gasteiger partial charge in [-0.2, -0.15) is 0 Å². The minimum Gasteiger partial charge on any atom is -0.303 e. The Morgan fingerprint density at radius 3 is 2.12 bits per heavy atom. The van der Waals surface area contributed by atoms with Crippen molar-refractivity contribution in [1.82, 2.24) is 4.90 Å². The number of nitrogens with zero attached hydrogens (tertiary/aromatic N) is 1. The molecule has 1 atom stereocenters. The van der Waals surface area contributed by atoms with E-state index in [4.69, 9.17) is 0 Å². The molecular formula is C15H31N. The third-order valence-electron chi connectivity index (χ3n) is 4.52. The monoisotopic (exact) mass is 225 g/mol. The smallest absolute Gasteiger partial charge is 0.00352 e. The molecule has 1 heteroatoms. The van der Waals surface area contributed by atoms with E-state index in [1.165, 1.54) is 51.7 Å². The van der Waals surface area contributed by atoms with Gasteiger partial charge in [-0.05, 0) is 49.6 Å². The molecule has 0 aromatic heterocycles. The van der Waals surface area contributed by atoms with Gasteiger partial charge in [0, 0.05) is 6.54 Å². The van der Waals surface area contributed by atoms with Crippen LogP contribution in [0.5, 0.6) is 0 Å². The molecule has 1 unspecified atom stereocenters. The van der Waals surface area contributed by atoms with E-state index in [1.807, 2.05) is 0 Å². The van der Waals surface area contributed by atoms with E-state index < -0.39 is 0 Å². The van der Waals surface area contributed by atoms with Gasteiger partial charge in [0.05, 0.1) is 0 Å². The number of hydrogen-bond acceptors (Lipinski definition) is 1. The summed E-state index contributed by atoms with van der Waals surface area (Å²) in [5.41, 5.74) is 1.14. The van der Waals surface area contributed by atoms with Crippen LogP contribution in [0, 0.1) is 10.8 Å². The molecule has 0 aromatic carbocycles. The van der Waals surface area contributed by atoms with Crippen LogP contribution >= 0.6 is 0 Å². The summed E-state index contributed by atoms with van der Waals surface area (Å²) in [7, 11) is 0. The average Bonchev–Trinajstić information content (AvgIpc) is 2.22. The normalized spacial score (nSPS) is 25.3. The van der Waals surface area contributed by atoms with Crippen LogP contribution in [0.4, 0.5) is 0 Å². The predicted molar refractivity (Wildman–Crippen MR) is 72.8 cm³/mol. The van der Waals surface area contributed by atoms with Crippen molar-refractivity contribution in [3.05, 3.63) is 0 Å². The zero-order chi connectivity index (χ0) is 12.2. The highest BCUT2D eigenvalue weighted by Crippen LogP contribution is 2.33. The molecule has 0 radical (unpaired) electrons. The Balaban J connectivity index is 2.42. The van der Waals surface area contributed by atoms with Gasteiger partial charge in [0.25, 0.3) is 0 Å². The predicted octanol–water partition coefficient (Wildman–Crippen LogP) is 4.32. The van der Waals surface area contributed by atoms with Crippen LogP contribution in [0.2, 0.25) is 0 Å². The van der Waals surface area contributed by atoms with E-state index in [0.717, 1.165) is 0 Å². The van der Waals surface area contributed by atoms with Gasteiger partial charge in [-0.15, -0.1) is 0 Å². The van der Waals surface area contributed by atoms with Crippen molar-refractivity contribution in [1.29, 1.82) is 0 Å². The maximum Gasteiger partial charge on any atom is 0.00352 e. The SMILES string of the molecule is CCCC(C)(CC)CN1CCC(C)(C)CC1. The second-order valence-corrected chi connectivity index (χ2v) is 6.85. The first-order chi connectivity index (χ1) is 7.41. The van der Waals surface area contributed by atoms with Gasteiger partial charge in [0.1, 0.15) is 0 Å². The molecule has 0 amide bonds. The zero-order valence-corrected chi connectivity index (χ0v) is 12.1. The standard InChI is InChI=1S/C15H31N/c1-6-8-15(5,7-2)13-16-11-9-14(3,4)10-12-16/h6-13H2,1-5H3. The largest absolute Gasteiger partial charge is 0.303 e. The van der Waals surface area contributed by atoms with Crippen molar-refractivity contribution in [2.75, 3.05) is 19.6 Å². The highest BCUT2D eigenvalue weighted by atomic mass is 15.1. The molecule has 0 bridgehead atoms. The van der Waals surface area contributed by atoms with Crippen LogP contribution in [-0.4, -0.2) is 24.5 Å². The van der Waals surface area contributed by atoms with Gasteiger partial charge in [0.2, 0.25) is 0 Å². The topological polar surface area (TPSA) is 3.24 Å². The van der Waals surface area contributed by atoms with Crippen molar-refractivity contribution in [3.8, 4) is 0 Å². The lowest BCUT2D eigenvalue weighted by atomic mass is 9.79. The van der Waals surface area contributed by atoms with E-state index in [-0.39, 0.29) is 0 Å². The fourth-order valence-electron chi connectivity index (χ4n) is 2.83. The second-order valence-electron chi connectivity index (χ2n) is 6.85. The van der Waals surface area contributed by atoms with Crippen LogP contribution in [0.1, 0.15) is 66.7 Å². The van der Waals surface area contributed by atoms with Crippen LogP contribution in [0.25, 0.3) is 0 Å². The fourth-order valence-corrected chi connectivity index (χ4v) is 2.83. The molecule has 0 aliphatic carbocycles. The van der Waals surface area contributed by atoms with Crippen molar-refractivity contribution < 1.29 is 0 Å². The molecule has 1 aliphatic rings. The average molecular weight is 225 g/mol. The first-order valence-electron chi connectivity index (χ1n) is 7.13. The summed E-state index contributed by atoms with van der Waals surface area (Å²) in [4.78, 5) is 2.70. The lowest BCUT2D eigenvalue weighted by molar-refractivity contribution is 0.0822. The third-order valence-corrected chi connectivity index (χ3v) is 4.52. The van der Waals surface area contributed by atoms with Crippen LogP contribution in [0.15, 0.2) is 0 Å². The van der Waals surface area contributed by atoms with Crippen molar-refractivity contribution in [2.24, 2.45) is 10.8 Å². The Morgan fingerprint density at radius 2 is 1.69 bits per heavy atom. The van der Waals surface area contributed by atoms with Gasteiger partial charge in [-0.3, -0.25) is 0 Å². The Kier molecular flexibility index (Phi) is 4.85. The number of rotatable bonds is 5. The van der Waals surface area contributed by atoms with Crippen LogP contribution in [-0.2, 0) is 0 Å². The molecule has 1 fully saturated rings. The molecule has 0 N–H and O–H groups in total. The summed E-state index contributed by atoms with van der Waals surface area (Å²) in [6.07, 6.45) is 6.77. The van der Waals surface area contributed by atoms with Gasteiger partial charge in [-0.25, -0.2) is 0 Å². The van der Waals surface area contributed by atoms with E-state index in [0.29, 0.717) is 10.8 Å². The summed E-state index contributed by atoms with van der Waals surface area (Å²) < 4.78 is 0. The highest BCUT2D eigenvalue weighted by Gasteiger charge is 2.29. The molecule has 1 nitrogen and oxygen atoms in total. The Labute approximate surface area is 103 Å². The van der Waals surface area contributed by atoms with Gasteiger partial charge < -0.3 is 4.90 Å². The molecule has 1 heterocycles. The lowest BCUT2D eigenvalue weighted by Crippen LogP contribution is -2.42. The molecule has 0 saturated carbocycles. The van der Waals surface area contributed by atoms with Gasteiger partial charge in [-0.1, -0.05) is 41.0 Å². The molecule has 0 aromatic rings. The Bertz CT molecular complexity index is 199. The van der Waals surface area contributed by atoms with E-state index in [2.05, 4.69) is 39.5 Å². The van der Waals surface area contributed by atoms with Crippen molar-refractivity contribution in [3.63, 3.8) is 0 Å². The van der Waals surface area contributed by atoms with Crippen LogP contribution < -0.4 is 0 Å².